The average Bonchev–Trinajstić information content (AvgIpc) is 2.38. The van der Waals surface area contributed by atoms with E-state index in [1.807, 2.05) is 11.9 Å². The summed E-state index contributed by atoms with van der Waals surface area (Å²) in [5, 5.41) is 4.21. The predicted molar refractivity (Wildman–Crippen MR) is 81.7 cm³/mol. The molecule has 0 aromatic heterocycles. The number of nitrogens with one attached hydrogen (secondary N) is 1. The van der Waals surface area contributed by atoms with Gasteiger partial charge in [0.25, 0.3) is 5.91 Å². The van der Waals surface area contributed by atoms with Crippen LogP contribution in [0.2, 0.25) is 10.0 Å². The maximum Gasteiger partial charge on any atom is 0.255 e. The van der Waals surface area contributed by atoms with Crippen LogP contribution in [0.15, 0.2) is 18.2 Å². The van der Waals surface area contributed by atoms with E-state index in [1.54, 1.807) is 18.2 Å². The largest absolute Gasteiger partial charge is 0.338 e. The molecule has 1 fully saturated rings. The van der Waals surface area contributed by atoms with Crippen molar-refractivity contribution in [3.05, 3.63) is 33.8 Å². The molecule has 1 amide bonds. The van der Waals surface area contributed by atoms with Gasteiger partial charge in [0.2, 0.25) is 0 Å². The molecular weight excluding hydrogens is 307 g/mol. The second-order valence-electron chi connectivity index (χ2n) is 4.48. The average molecular weight is 324 g/mol. The fourth-order valence-corrected chi connectivity index (χ4v) is 2.69. The van der Waals surface area contributed by atoms with Gasteiger partial charge in [0, 0.05) is 24.2 Å². The summed E-state index contributed by atoms with van der Waals surface area (Å²) in [6.07, 6.45) is 1.96. The number of carbonyl (C=O) groups is 1. The van der Waals surface area contributed by atoms with E-state index in [2.05, 4.69) is 5.32 Å². The van der Waals surface area contributed by atoms with Crippen LogP contribution < -0.4 is 5.32 Å². The fraction of sp³-hybridized carbons (Fsp3) is 0.462. The zero-order valence-corrected chi connectivity index (χ0v) is 13.0. The summed E-state index contributed by atoms with van der Waals surface area (Å²) in [5.41, 5.74) is 0.531. The molecule has 0 spiro atoms. The van der Waals surface area contributed by atoms with Crippen LogP contribution in [-0.2, 0) is 0 Å². The summed E-state index contributed by atoms with van der Waals surface area (Å²) in [6, 6.07) is 5.50. The molecule has 2 rings (SSSR count). The lowest BCUT2D eigenvalue weighted by Crippen LogP contribution is -2.44. The Balaban J connectivity index is 0.00000180. The Morgan fingerprint density at radius 3 is 2.47 bits per heavy atom. The zero-order chi connectivity index (χ0) is 13.1. The van der Waals surface area contributed by atoms with Gasteiger partial charge in [-0.2, -0.15) is 0 Å². The minimum absolute atomic E-state index is 0. The normalized spacial score (nSPS) is 16.1. The molecule has 1 aromatic carbocycles. The van der Waals surface area contributed by atoms with Gasteiger partial charge in [0.1, 0.15) is 0 Å². The number of piperidine rings is 1. The standard InChI is InChI=1S/C13H16Cl2N2O.ClH/c1-16-10-4-6-17(7-5-10)13(18)11-3-2-9(14)8-12(11)15;/h2-3,8,10,16H,4-7H2,1H3;1H. The van der Waals surface area contributed by atoms with Crippen LogP contribution in [-0.4, -0.2) is 37.0 Å². The Hall–Kier alpha value is -0.480. The molecule has 0 bridgehead atoms. The molecule has 1 aliphatic rings. The minimum Gasteiger partial charge on any atom is -0.338 e. The first-order valence-electron chi connectivity index (χ1n) is 6.03. The van der Waals surface area contributed by atoms with E-state index < -0.39 is 0 Å². The molecule has 1 N–H and O–H groups in total. The van der Waals surface area contributed by atoms with Gasteiger partial charge in [-0.15, -0.1) is 12.4 Å². The SMILES string of the molecule is CNC1CCN(C(=O)c2ccc(Cl)cc2Cl)CC1.Cl. The second kappa shape index (κ2) is 7.34. The molecule has 1 aliphatic heterocycles. The second-order valence-corrected chi connectivity index (χ2v) is 5.32. The maximum absolute atomic E-state index is 12.3. The third-order valence-electron chi connectivity index (χ3n) is 3.35. The van der Waals surface area contributed by atoms with Crippen molar-refractivity contribution in [3.8, 4) is 0 Å². The van der Waals surface area contributed by atoms with Gasteiger partial charge in [0.15, 0.2) is 0 Å². The van der Waals surface area contributed by atoms with E-state index in [4.69, 9.17) is 23.2 Å². The van der Waals surface area contributed by atoms with Crippen molar-refractivity contribution in [1.82, 2.24) is 10.2 Å². The van der Waals surface area contributed by atoms with E-state index in [9.17, 15) is 4.79 Å². The van der Waals surface area contributed by atoms with Gasteiger partial charge in [-0.25, -0.2) is 0 Å². The Labute approximate surface area is 129 Å². The number of rotatable bonds is 2. The minimum atomic E-state index is -0.00813. The van der Waals surface area contributed by atoms with Crippen molar-refractivity contribution in [2.24, 2.45) is 0 Å². The highest BCUT2D eigenvalue weighted by Gasteiger charge is 2.23. The zero-order valence-electron chi connectivity index (χ0n) is 10.7. The highest BCUT2D eigenvalue weighted by atomic mass is 35.5. The smallest absolute Gasteiger partial charge is 0.255 e. The molecule has 0 saturated carbocycles. The Bertz CT molecular complexity index is 446. The number of benzene rings is 1. The van der Waals surface area contributed by atoms with Crippen LogP contribution >= 0.6 is 35.6 Å². The number of likely N-dealkylation sites (tertiary alicyclic amines) is 1. The topological polar surface area (TPSA) is 32.3 Å². The third-order valence-corrected chi connectivity index (χ3v) is 3.90. The fourth-order valence-electron chi connectivity index (χ4n) is 2.20. The van der Waals surface area contributed by atoms with Crippen LogP contribution in [0.25, 0.3) is 0 Å². The molecule has 0 aliphatic carbocycles. The molecule has 1 saturated heterocycles. The van der Waals surface area contributed by atoms with Crippen molar-refractivity contribution in [2.75, 3.05) is 20.1 Å². The molecule has 0 radical (unpaired) electrons. The quantitative estimate of drug-likeness (QED) is 0.906. The number of hydrogen-bond acceptors (Lipinski definition) is 2. The summed E-state index contributed by atoms with van der Waals surface area (Å²) in [5.74, 6) is -0.00813. The highest BCUT2D eigenvalue weighted by Crippen LogP contribution is 2.23. The first-order chi connectivity index (χ1) is 8.61. The van der Waals surface area contributed by atoms with Gasteiger partial charge >= 0.3 is 0 Å². The first kappa shape index (κ1) is 16.6. The van der Waals surface area contributed by atoms with Gasteiger partial charge in [-0.3, -0.25) is 4.79 Å². The lowest BCUT2D eigenvalue weighted by Gasteiger charge is -2.32. The molecule has 1 aromatic rings. The van der Waals surface area contributed by atoms with E-state index in [0.717, 1.165) is 25.9 Å². The first-order valence-corrected chi connectivity index (χ1v) is 6.79. The highest BCUT2D eigenvalue weighted by molar-refractivity contribution is 6.36. The monoisotopic (exact) mass is 322 g/mol. The van der Waals surface area contributed by atoms with Crippen LogP contribution in [0.4, 0.5) is 0 Å². The van der Waals surface area contributed by atoms with Crippen molar-refractivity contribution in [1.29, 1.82) is 0 Å². The molecule has 3 nitrogen and oxygen atoms in total. The van der Waals surface area contributed by atoms with Gasteiger partial charge in [0.05, 0.1) is 10.6 Å². The lowest BCUT2D eigenvalue weighted by atomic mass is 10.0. The number of hydrogen-bond donors (Lipinski definition) is 1. The molecule has 0 unspecified atom stereocenters. The predicted octanol–water partition coefficient (Wildman–Crippen LogP) is 3.24. The molecular formula is C13H17Cl3N2O. The van der Waals surface area contributed by atoms with Gasteiger partial charge in [-0.05, 0) is 38.1 Å². The lowest BCUT2D eigenvalue weighted by molar-refractivity contribution is 0.0707. The number of amides is 1. The summed E-state index contributed by atoms with van der Waals surface area (Å²) in [4.78, 5) is 14.2. The van der Waals surface area contributed by atoms with Crippen LogP contribution in [0.3, 0.4) is 0 Å². The van der Waals surface area contributed by atoms with Crippen molar-refractivity contribution in [3.63, 3.8) is 0 Å². The Kier molecular flexibility index (Phi) is 6.40. The van der Waals surface area contributed by atoms with Crippen molar-refractivity contribution in [2.45, 2.75) is 18.9 Å². The molecule has 1 heterocycles. The van der Waals surface area contributed by atoms with E-state index >= 15 is 0 Å². The molecule has 19 heavy (non-hydrogen) atoms. The summed E-state index contributed by atoms with van der Waals surface area (Å²) in [7, 11) is 1.96. The van der Waals surface area contributed by atoms with Crippen molar-refractivity contribution < 1.29 is 4.79 Å². The molecule has 6 heteroatoms. The van der Waals surface area contributed by atoms with Crippen molar-refractivity contribution >= 4 is 41.5 Å². The Morgan fingerprint density at radius 1 is 1.32 bits per heavy atom. The Morgan fingerprint density at radius 2 is 1.95 bits per heavy atom. The summed E-state index contributed by atoms with van der Waals surface area (Å²) < 4.78 is 0. The van der Waals surface area contributed by atoms with Gasteiger partial charge in [-0.1, -0.05) is 23.2 Å². The maximum atomic E-state index is 12.3. The van der Waals surface area contributed by atoms with Crippen LogP contribution in [0.5, 0.6) is 0 Å². The summed E-state index contributed by atoms with van der Waals surface area (Å²) in [6.45, 7) is 1.53. The van der Waals surface area contributed by atoms with E-state index in [0.29, 0.717) is 21.7 Å². The van der Waals surface area contributed by atoms with Crippen LogP contribution in [0, 0.1) is 0 Å². The number of nitrogens with zero attached hydrogens (tertiary/aromatic N) is 1. The molecule has 106 valence electrons. The molecule has 0 atom stereocenters. The van der Waals surface area contributed by atoms with E-state index in [-0.39, 0.29) is 18.3 Å². The van der Waals surface area contributed by atoms with Gasteiger partial charge < -0.3 is 10.2 Å². The number of carbonyl (C=O) groups excluding carboxylic acids is 1. The number of halogens is 3. The van der Waals surface area contributed by atoms with E-state index in [1.165, 1.54) is 0 Å². The third kappa shape index (κ3) is 3.99. The summed E-state index contributed by atoms with van der Waals surface area (Å²) >= 11 is 11.9. The van der Waals surface area contributed by atoms with Crippen LogP contribution in [0.1, 0.15) is 23.2 Å².